The molecule has 0 amide bonds. The monoisotopic (exact) mass is 246 g/mol. The van der Waals surface area contributed by atoms with Crippen LogP contribution in [0.4, 0.5) is 5.95 Å². The van der Waals surface area contributed by atoms with Crippen LogP contribution in [0.25, 0.3) is 0 Å². The number of rotatable bonds is 5. The largest absolute Gasteiger partial charge is 0.468 e. The molecule has 8 nitrogen and oxygen atoms in total. The number of carbonyl (C=O) groups is 1. The van der Waals surface area contributed by atoms with Crippen molar-refractivity contribution in [3.63, 3.8) is 0 Å². The molecule has 16 heavy (non-hydrogen) atoms. The van der Waals surface area contributed by atoms with Crippen LogP contribution < -0.4 is 9.44 Å². The summed E-state index contributed by atoms with van der Waals surface area (Å²) in [6.45, 7) is -0.460. The molecule has 0 aliphatic heterocycles. The third kappa shape index (κ3) is 4.19. The molecule has 2 N–H and O–H groups in total. The van der Waals surface area contributed by atoms with Crippen LogP contribution in [0.5, 0.6) is 0 Å². The van der Waals surface area contributed by atoms with Gasteiger partial charge in [0.05, 0.1) is 7.11 Å². The van der Waals surface area contributed by atoms with Crippen LogP contribution in [-0.4, -0.2) is 38.0 Å². The summed E-state index contributed by atoms with van der Waals surface area (Å²) in [7, 11) is -2.71. The summed E-state index contributed by atoms with van der Waals surface area (Å²) in [5, 5.41) is 0. The summed E-state index contributed by atoms with van der Waals surface area (Å²) in [5.41, 5.74) is 0. The van der Waals surface area contributed by atoms with Crippen molar-refractivity contribution >= 4 is 22.1 Å². The summed E-state index contributed by atoms with van der Waals surface area (Å²) in [6, 6.07) is 1.54. The fourth-order valence-corrected chi connectivity index (χ4v) is 1.46. The maximum absolute atomic E-state index is 11.3. The maximum atomic E-state index is 11.3. The molecular weight excluding hydrogens is 236 g/mol. The van der Waals surface area contributed by atoms with Crippen LogP contribution in [0.3, 0.4) is 0 Å². The Morgan fingerprint density at radius 1 is 1.44 bits per heavy atom. The topological polar surface area (TPSA) is 110 Å². The summed E-state index contributed by atoms with van der Waals surface area (Å²) >= 11 is 0. The number of esters is 1. The predicted molar refractivity (Wildman–Crippen MR) is 54.6 cm³/mol. The number of aromatic nitrogens is 2. The first kappa shape index (κ1) is 12.3. The van der Waals surface area contributed by atoms with Gasteiger partial charge >= 0.3 is 16.2 Å². The van der Waals surface area contributed by atoms with Gasteiger partial charge in [0.1, 0.15) is 6.54 Å². The SMILES string of the molecule is COC(=O)CNS(=O)(=O)Nc1ncccn1. The molecule has 0 aromatic carbocycles. The lowest BCUT2D eigenvalue weighted by molar-refractivity contribution is -0.139. The fraction of sp³-hybridized carbons (Fsp3) is 0.286. The molecule has 1 heterocycles. The van der Waals surface area contributed by atoms with Gasteiger partial charge in [0, 0.05) is 12.4 Å². The average Bonchev–Trinajstić information content (AvgIpc) is 2.27. The van der Waals surface area contributed by atoms with E-state index >= 15 is 0 Å². The van der Waals surface area contributed by atoms with Gasteiger partial charge in [0.2, 0.25) is 5.95 Å². The smallest absolute Gasteiger partial charge is 0.320 e. The van der Waals surface area contributed by atoms with Gasteiger partial charge in [0.15, 0.2) is 0 Å². The van der Waals surface area contributed by atoms with E-state index in [0.717, 1.165) is 7.11 Å². The van der Waals surface area contributed by atoms with Gasteiger partial charge in [-0.2, -0.15) is 13.1 Å². The van der Waals surface area contributed by atoms with Crippen molar-refractivity contribution in [1.82, 2.24) is 14.7 Å². The molecule has 0 radical (unpaired) electrons. The minimum Gasteiger partial charge on any atom is -0.468 e. The van der Waals surface area contributed by atoms with Gasteiger partial charge in [-0.15, -0.1) is 0 Å². The molecule has 0 saturated carbocycles. The van der Waals surface area contributed by atoms with Gasteiger partial charge in [-0.1, -0.05) is 0 Å². The minimum absolute atomic E-state index is 0.0835. The minimum atomic E-state index is -3.87. The first-order valence-corrected chi connectivity index (χ1v) is 5.63. The Labute approximate surface area is 92.2 Å². The molecule has 1 rings (SSSR count). The molecule has 0 aliphatic rings. The molecule has 9 heteroatoms. The Balaban J connectivity index is 2.56. The average molecular weight is 246 g/mol. The van der Waals surface area contributed by atoms with Gasteiger partial charge in [-0.05, 0) is 6.07 Å². The highest BCUT2D eigenvalue weighted by molar-refractivity contribution is 7.90. The molecule has 0 aliphatic carbocycles. The van der Waals surface area contributed by atoms with Crippen LogP contribution in [0, 0.1) is 0 Å². The molecule has 0 bridgehead atoms. The fourth-order valence-electron chi connectivity index (χ4n) is 0.734. The zero-order valence-corrected chi connectivity index (χ0v) is 9.19. The summed E-state index contributed by atoms with van der Waals surface area (Å²) in [5.74, 6) is -0.778. The maximum Gasteiger partial charge on any atom is 0.320 e. The molecule has 0 unspecified atom stereocenters. The third-order valence-electron chi connectivity index (χ3n) is 1.43. The van der Waals surface area contributed by atoms with Crippen molar-refractivity contribution in [1.29, 1.82) is 0 Å². The highest BCUT2D eigenvalue weighted by Crippen LogP contribution is 1.96. The van der Waals surface area contributed by atoms with Crippen molar-refractivity contribution in [3.8, 4) is 0 Å². The summed E-state index contributed by atoms with van der Waals surface area (Å²) < 4.78 is 30.9. The quantitative estimate of drug-likeness (QED) is 0.638. The van der Waals surface area contributed by atoms with E-state index in [1.54, 1.807) is 6.07 Å². The Morgan fingerprint density at radius 3 is 2.62 bits per heavy atom. The number of nitrogens with one attached hydrogen (secondary N) is 2. The second kappa shape index (κ2) is 5.37. The Kier molecular flexibility index (Phi) is 4.14. The normalized spacial score (nSPS) is 10.8. The van der Waals surface area contributed by atoms with E-state index < -0.39 is 22.7 Å². The lowest BCUT2D eigenvalue weighted by Crippen LogP contribution is -2.35. The van der Waals surface area contributed by atoms with Crippen LogP contribution >= 0.6 is 0 Å². The van der Waals surface area contributed by atoms with Crippen molar-refractivity contribution in [2.24, 2.45) is 0 Å². The molecule has 0 spiro atoms. The third-order valence-corrected chi connectivity index (χ3v) is 2.40. The van der Waals surface area contributed by atoms with Gasteiger partial charge in [-0.25, -0.2) is 14.7 Å². The highest BCUT2D eigenvalue weighted by Gasteiger charge is 2.12. The van der Waals surface area contributed by atoms with Crippen LogP contribution in [-0.2, 0) is 19.7 Å². The van der Waals surface area contributed by atoms with E-state index in [0.29, 0.717) is 0 Å². The van der Waals surface area contributed by atoms with Crippen molar-refractivity contribution in [2.75, 3.05) is 18.4 Å². The van der Waals surface area contributed by atoms with E-state index in [4.69, 9.17) is 0 Å². The zero-order chi connectivity index (χ0) is 12.0. The van der Waals surface area contributed by atoms with Crippen LogP contribution in [0.2, 0.25) is 0 Å². The first-order chi connectivity index (χ1) is 7.53. The molecule has 1 aromatic rings. The Bertz CT molecular complexity index is 447. The van der Waals surface area contributed by atoms with E-state index in [-0.39, 0.29) is 5.95 Å². The number of anilines is 1. The number of nitrogens with zero attached hydrogens (tertiary/aromatic N) is 2. The molecule has 0 saturated heterocycles. The second-order valence-electron chi connectivity index (χ2n) is 2.58. The van der Waals surface area contributed by atoms with E-state index in [9.17, 15) is 13.2 Å². The van der Waals surface area contributed by atoms with E-state index in [1.807, 2.05) is 9.44 Å². The molecule has 88 valence electrons. The number of hydrogen-bond acceptors (Lipinski definition) is 6. The second-order valence-corrected chi connectivity index (χ2v) is 4.07. The Morgan fingerprint density at radius 2 is 2.06 bits per heavy atom. The van der Waals surface area contributed by atoms with Crippen molar-refractivity contribution in [3.05, 3.63) is 18.5 Å². The number of ether oxygens (including phenoxy) is 1. The van der Waals surface area contributed by atoms with Gasteiger partial charge < -0.3 is 4.74 Å². The lowest BCUT2D eigenvalue weighted by atomic mass is 10.7. The summed E-state index contributed by atoms with van der Waals surface area (Å²) in [4.78, 5) is 18.0. The van der Waals surface area contributed by atoms with Crippen molar-refractivity contribution in [2.45, 2.75) is 0 Å². The lowest BCUT2D eigenvalue weighted by Gasteiger charge is -2.06. The molecular formula is C7H10N4O4S. The van der Waals surface area contributed by atoms with E-state index in [2.05, 4.69) is 14.7 Å². The van der Waals surface area contributed by atoms with Crippen molar-refractivity contribution < 1.29 is 17.9 Å². The van der Waals surface area contributed by atoms with E-state index in [1.165, 1.54) is 12.4 Å². The zero-order valence-electron chi connectivity index (χ0n) is 8.37. The standard InChI is InChI=1S/C7H10N4O4S/c1-15-6(12)5-10-16(13,14)11-7-8-3-2-4-9-7/h2-4,10H,5H2,1H3,(H,8,9,11). The summed E-state index contributed by atoms with van der Waals surface area (Å²) in [6.07, 6.45) is 2.76. The number of carbonyl (C=O) groups excluding carboxylic acids is 1. The first-order valence-electron chi connectivity index (χ1n) is 4.15. The van der Waals surface area contributed by atoms with Gasteiger partial charge in [-0.3, -0.25) is 4.79 Å². The van der Waals surface area contributed by atoms with Crippen LogP contribution in [0.1, 0.15) is 0 Å². The molecule has 0 atom stereocenters. The number of hydrogen-bond donors (Lipinski definition) is 2. The Hall–Kier alpha value is -1.74. The van der Waals surface area contributed by atoms with Crippen LogP contribution in [0.15, 0.2) is 18.5 Å². The number of methoxy groups -OCH3 is 1. The predicted octanol–water partition coefficient (Wildman–Crippen LogP) is -1.10. The molecule has 1 aromatic heterocycles. The molecule has 0 fully saturated rings. The van der Waals surface area contributed by atoms with Gasteiger partial charge in [0.25, 0.3) is 0 Å². The highest BCUT2D eigenvalue weighted by atomic mass is 32.2.